The Morgan fingerprint density at radius 2 is 0.734 bits per heavy atom. The number of hydrogen-bond acceptors (Lipinski definition) is 11. The van der Waals surface area contributed by atoms with Gasteiger partial charge in [0.05, 0.1) is 80.6 Å². The number of fused-ring (bicyclic) bond motifs is 20. The van der Waals surface area contributed by atoms with Gasteiger partial charge in [0.1, 0.15) is 36.6 Å². The number of aryl methyl sites for hydroxylation is 10. The second kappa shape index (κ2) is 31.2. The maximum Gasteiger partial charge on any atom is 0.416 e. The normalized spacial score (nSPS) is 19.5. The van der Waals surface area contributed by atoms with Gasteiger partial charge in [-0.05, 0) is 200 Å². The SMILES string of the molecule is COc1ccc(CCn2c3c(c4nc(CF)ccc42)C2CCCN2CC3)cc1.Cc1ncc2c(n1)c1c(n2CCc2ccc(F)cc2)CCN2CCCC12.Cc1ncc2c(n1)c1c(n2CCc2ccccc2)CCN2CCCC12.FCc1ccc2c(n1)c1c(n2CCc2ccc(C(F)(F)F)cc2)CCN2CCCC12. The fraction of sp³-hybridized carbons (Fsp3) is 0.432. The lowest BCUT2D eigenvalue weighted by molar-refractivity contribution is -0.137. The molecule has 566 valence electrons. The van der Waals surface area contributed by atoms with Crippen LogP contribution in [0.25, 0.3) is 44.1 Å². The van der Waals surface area contributed by atoms with Crippen molar-refractivity contribution < 1.29 is 31.1 Å². The lowest BCUT2D eigenvalue weighted by atomic mass is 9.98. The number of pyridine rings is 2. The van der Waals surface area contributed by atoms with Crippen LogP contribution < -0.4 is 4.74 Å². The van der Waals surface area contributed by atoms with Crippen LogP contribution in [-0.2, 0) is 97.1 Å². The molecule has 0 N–H and O–H groups in total. The Morgan fingerprint density at radius 3 is 1.09 bits per heavy atom. The molecule has 4 saturated heterocycles. The first-order chi connectivity index (χ1) is 53.2. The molecule has 109 heavy (non-hydrogen) atoms. The van der Waals surface area contributed by atoms with Crippen molar-refractivity contribution in [2.45, 2.75) is 186 Å². The predicted molar refractivity (Wildman–Crippen MR) is 415 cm³/mol. The molecule has 0 spiro atoms. The van der Waals surface area contributed by atoms with E-state index in [-0.39, 0.29) is 5.82 Å². The molecule has 4 atom stereocenters. The van der Waals surface area contributed by atoms with Crippen LogP contribution in [-0.4, -0.2) is 127 Å². The molecule has 4 fully saturated rings. The number of nitrogens with zero attached hydrogens (tertiary/aromatic N) is 14. The Balaban J connectivity index is 0.000000106. The molecule has 0 radical (unpaired) electrons. The number of halogens is 6. The van der Waals surface area contributed by atoms with Crippen LogP contribution in [0, 0.1) is 19.7 Å². The third-order valence-electron chi connectivity index (χ3n) is 24.7. The molecule has 0 bridgehead atoms. The Kier molecular flexibility index (Phi) is 20.8. The minimum atomic E-state index is -4.32. The maximum absolute atomic E-state index is 13.3. The topological polar surface area (TPSA) is 119 Å². The molecule has 15 nitrogen and oxygen atoms in total. The van der Waals surface area contributed by atoms with Crippen LogP contribution >= 0.6 is 0 Å². The van der Waals surface area contributed by atoms with E-state index in [1.165, 1.54) is 132 Å². The summed E-state index contributed by atoms with van der Waals surface area (Å²) >= 11 is 0. The highest BCUT2D eigenvalue weighted by molar-refractivity contribution is 5.85. The van der Waals surface area contributed by atoms with Crippen molar-refractivity contribution in [3.63, 3.8) is 0 Å². The van der Waals surface area contributed by atoms with E-state index in [0.717, 1.165) is 177 Å². The zero-order valence-corrected chi connectivity index (χ0v) is 62.7. The van der Waals surface area contributed by atoms with Crippen molar-refractivity contribution in [1.29, 1.82) is 0 Å². The molecule has 0 aliphatic carbocycles. The Labute approximate surface area is 633 Å². The quantitative estimate of drug-likeness (QED) is 0.0913. The molecule has 12 aromatic rings. The summed E-state index contributed by atoms with van der Waals surface area (Å²) in [6.45, 7) is 15.5. The summed E-state index contributed by atoms with van der Waals surface area (Å²) in [6, 6.07) is 40.8. The molecular formula is C88H96F6N14O. The molecule has 4 aromatic carbocycles. The standard InChI is InChI=1S/C23H23F4N3.C23H26FN3O.C21H23FN4.C21H24N4/c24-14-17-7-8-20-22(28-17)21-18-2-1-11-29(18)12-10-19(21)30(20)13-9-15-3-5-16(6-4-15)23(25,26)27;1-28-18-7-4-16(5-8-18)10-14-27-20-11-13-26-12-2-3-19(26)22(20)23-21(27)9-6-17(15-24)25-23;1-14-23-13-19-21(24-14)20-17-3-2-10-25(17)11-9-18(20)26(19)12-8-15-4-6-16(22)7-5-15;1-15-22-14-19-21(23-15)20-17-8-5-11-24(17)12-10-18(20)25(19)13-9-16-6-3-2-4-7-16/h3-8,18H,1-2,9-14H2;4-9,19H,2-3,10-15H2,1H3;4-7,13,17H,2-3,8-12H2,1H3;2-4,6-7,14,17H,5,8-13H2,1H3. The van der Waals surface area contributed by atoms with Crippen molar-refractivity contribution in [2.75, 3.05) is 59.5 Å². The minimum absolute atomic E-state index is 0.178. The van der Waals surface area contributed by atoms with E-state index in [4.69, 9.17) is 19.7 Å². The monoisotopic (exact) mass is 1480 g/mol. The van der Waals surface area contributed by atoms with Gasteiger partial charge >= 0.3 is 6.18 Å². The van der Waals surface area contributed by atoms with Crippen LogP contribution in [0.1, 0.15) is 171 Å². The van der Waals surface area contributed by atoms with Crippen molar-refractivity contribution in [3.8, 4) is 5.75 Å². The van der Waals surface area contributed by atoms with Gasteiger partial charge in [-0.15, -0.1) is 0 Å². The molecule has 20 rings (SSSR count). The second-order valence-electron chi connectivity index (χ2n) is 30.9. The van der Waals surface area contributed by atoms with Gasteiger partial charge in [-0.25, -0.2) is 43.1 Å². The van der Waals surface area contributed by atoms with Crippen molar-refractivity contribution >= 4 is 44.1 Å². The summed E-state index contributed by atoms with van der Waals surface area (Å²) in [5.74, 6) is 2.43. The molecule has 0 amide bonds. The van der Waals surface area contributed by atoms with Crippen molar-refractivity contribution in [2.24, 2.45) is 0 Å². The fourth-order valence-corrected chi connectivity index (χ4v) is 19.5. The summed E-state index contributed by atoms with van der Waals surface area (Å²) in [4.78, 5) is 38.4. The van der Waals surface area contributed by atoms with Gasteiger partial charge in [-0.3, -0.25) is 19.6 Å². The van der Waals surface area contributed by atoms with Crippen LogP contribution in [0.5, 0.6) is 5.75 Å². The van der Waals surface area contributed by atoms with E-state index in [1.54, 1.807) is 37.4 Å². The van der Waals surface area contributed by atoms with Crippen LogP contribution in [0.2, 0.25) is 0 Å². The van der Waals surface area contributed by atoms with Crippen LogP contribution in [0.4, 0.5) is 26.3 Å². The highest BCUT2D eigenvalue weighted by Gasteiger charge is 2.41. The largest absolute Gasteiger partial charge is 0.497 e. The predicted octanol–water partition coefficient (Wildman–Crippen LogP) is 17.4. The van der Waals surface area contributed by atoms with E-state index >= 15 is 0 Å². The number of aromatic nitrogens is 10. The zero-order valence-electron chi connectivity index (χ0n) is 62.7. The molecule has 16 heterocycles. The van der Waals surface area contributed by atoms with Crippen molar-refractivity contribution in [3.05, 3.63) is 241 Å². The summed E-state index contributed by atoms with van der Waals surface area (Å²) in [6.07, 6.45) is 17.2. The van der Waals surface area contributed by atoms with Crippen molar-refractivity contribution in [1.82, 2.24) is 67.8 Å². The lowest BCUT2D eigenvalue weighted by Gasteiger charge is -2.30. The first-order valence-corrected chi connectivity index (χ1v) is 39.6. The third kappa shape index (κ3) is 14.5. The van der Waals surface area contributed by atoms with Gasteiger partial charge in [0.25, 0.3) is 0 Å². The molecule has 0 saturated carbocycles. The van der Waals surface area contributed by atoms with Crippen LogP contribution in [0.15, 0.2) is 140 Å². The number of hydrogen-bond donors (Lipinski definition) is 0. The molecule has 8 aromatic heterocycles. The molecular weight excluding hydrogens is 1380 g/mol. The Morgan fingerprint density at radius 1 is 0.394 bits per heavy atom. The third-order valence-corrected chi connectivity index (χ3v) is 24.7. The van der Waals surface area contributed by atoms with Gasteiger partial charge in [0.2, 0.25) is 0 Å². The van der Waals surface area contributed by atoms with Gasteiger partial charge in [-0.1, -0.05) is 66.7 Å². The highest BCUT2D eigenvalue weighted by Crippen LogP contribution is 2.47. The van der Waals surface area contributed by atoms with E-state index in [1.807, 2.05) is 62.6 Å². The first kappa shape index (κ1) is 72.6. The highest BCUT2D eigenvalue weighted by atomic mass is 19.4. The number of benzene rings is 4. The van der Waals surface area contributed by atoms with Gasteiger partial charge < -0.3 is 23.0 Å². The molecule has 21 heteroatoms. The maximum atomic E-state index is 13.3. The lowest BCUT2D eigenvalue weighted by Crippen LogP contribution is -2.31. The molecule has 8 aliphatic heterocycles. The second-order valence-corrected chi connectivity index (χ2v) is 30.9. The average molecular weight is 1480 g/mol. The van der Waals surface area contributed by atoms with E-state index < -0.39 is 25.1 Å². The first-order valence-electron chi connectivity index (χ1n) is 39.6. The Bertz CT molecular complexity index is 5240. The number of alkyl halides is 5. The Hall–Kier alpha value is -9.28. The van der Waals surface area contributed by atoms with E-state index in [2.05, 4.69) is 101 Å². The fourth-order valence-electron chi connectivity index (χ4n) is 19.5. The minimum Gasteiger partial charge on any atom is -0.497 e. The van der Waals surface area contributed by atoms with Gasteiger partial charge in [0.15, 0.2) is 0 Å². The van der Waals surface area contributed by atoms with E-state index in [0.29, 0.717) is 48.5 Å². The van der Waals surface area contributed by atoms with E-state index in [9.17, 15) is 26.3 Å². The molecule has 4 unspecified atom stereocenters. The smallest absolute Gasteiger partial charge is 0.416 e. The summed E-state index contributed by atoms with van der Waals surface area (Å²) < 4.78 is 93.1. The molecule has 8 aliphatic rings. The number of methoxy groups -OCH3 is 1. The number of rotatable bonds is 15. The van der Waals surface area contributed by atoms with Gasteiger partial charge in [0, 0.05) is 147 Å². The van der Waals surface area contributed by atoms with Gasteiger partial charge in [-0.2, -0.15) is 13.2 Å². The number of ether oxygens (including phenoxy) is 1. The average Bonchev–Trinajstić information content (AvgIpc) is 1.61. The van der Waals surface area contributed by atoms with Crippen LogP contribution in [0.3, 0.4) is 0 Å². The summed E-state index contributed by atoms with van der Waals surface area (Å²) in [5.41, 5.74) is 25.0. The zero-order chi connectivity index (χ0) is 74.4. The summed E-state index contributed by atoms with van der Waals surface area (Å²) in [5, 5.41) is 0. The summed E-state index contributed by atoms with van der Waals surface area (Å²) in [7, 11) is 1.69.